The van der Waals surface area contributed by atoms with Crippen LogP contribution in [0.25, 0.3) is 10.9 Å². The van der Waals surface area contributed by atoms with E-state index in [1.807, 2.05) is 55.9 Å². The number of nitrogens with one attached hydrogen (secondary N) is 1. The molecule has 0 unspecified atom stereocenters. The van der Waals surface area contributed by atoms with Crippen molar-refractivity contribution >= 4 is 33.8 Å². The zero-order valence-electron chi connectivity index (χ0n) is 11.6. The second-order valence-electron chi connectivity index (χ2n) is 4.76. The van der Waals surface area contributed by atoms with Crippen LogP contribution < -0.4 is 5.32 Å². The first-order chi connectivity index (χ1) is 9.56. The first kappa shape index (κ1) is 12.9. The SMILES string of the molecule is Cc1nc(C(=O)Nc2cccc3c2ccn3C)c(C)s1. The second-order valence-corrected chi connectivity index (χ2v) is 6.16. The molecule has 5 heteroatoms. The molecule has 0 radical (unpaired) electrons. The Labute approximate surface area is 121 Å². The Morgan fingerprint density at radius 2 is 2.10 bits per heavy atom. The number of fused-ring (bicyclic) bond motifs is 1. The number of anilines is 1. The molecule has 0 bridgehead atoms. The summed E-state index contributed by atoms with van der Waals surface area (Å²) in [6.07, 6.45) is 1.98. The molecule has 0 atom stereocenters. The second kappa shape index (κ2) is 4.76. The molecule has 102 valence electrons. The van der Waals surface area contributed by atoms with Gasteiger partial charge in [-0.25, -0.2) is 4.98 Å². The lowest BCUT2D eigenvalue weighted by Gasteiger charge is -2.06. The van der Waals surface area contributed by atoms with Crippen molar-refractivity contribution in [1.82, 2.24) is 9.55 Å². The van der Waals surface area contributed by atoms with Crippen LogP contribution in [0, 0.1) is 13.8 Å². The zero-order valence-corrected chi connectivity index (χ0v) is 12.4. The molecule has 0 fully saturated rings. The number of thiazole rings is 1. The summed E-state index contributed by atoms with van der Waals surface area (Å²) in [6, 6.07) is 7.89. The molecule has 0 saturated heterocycles. The maximum absolute atomic E-state index is 12.3. The number of carbonyl (C=O) groups is 1. The molecule has 0 spiro atoms. The van der Waals surface area contributed by atoms with Gasteiger partial charge in [-0.1, -0.05) is 6.07 Å². The first-order valence-corrected chi connectivity index (χ1v) is 7.17. The van der Waals surface area contributed by atoms with Gasteiger partial charge in [0.1, 0.15) is 5.69 Å². The Balaban J connectivity index is 1.97. The summed E-state index contributed by atoms with van der Waals surface area (Å²) in [6.45, 7) is 3.83. The van der Waals surface area contributed by atoms with Gasteiger partial charge in [-0.3, -0.25) is 4.79 Å². The van der Waals surface area contributed by atoms with Crippen molar-refractivity contribution in [1.29, 1.82) is 0 Å². The van der Waals surface area contributed by atoms with Gasteiger partial charge in [-0.2, -0.15) is 0 Å². The average molecular weight is 285 g/mol. The number of hydrogen-bond donors (Lipinski definition) is 1. The van der Waals surface area contributed by atoms with Crippen molar-refractivity contribution in [3.63, 3.8) is 0 Å². The number of amides is 1. The highest BCUT2D eigenvalue weighted by molar-refractivity contribution is 7.11. The van der Waals surface area contributed by atoms with Crippen molar-refractivity contribution in [2.75, 3.05) is 5.32 Å². The molecule has 1 aromatic carbocycles. The highest BCUT2D eigenvalue weighted by atomic mass is 32.1. The summed E-state index contributed by atoms with van der Waals surface area (Å²) in [5.41, 5.74) is 2.42. The third kappa shape index (κ3) is 2.10. The summed E-state index contributed by atoms with van der Waals surface area (Å²) in [5, 5.41) is 4.90. The van der Waals surface area contributed by atoms with Crippen LogP contribution in [0.5, 0.6) is 0 Å². The van der Waals surface area contributed by atoms with E-state index in [2.05, 4.69) is 10.3 Å². The number of aryl methyl sites for hydroxylation is 3. The number of carbonyl (C=O) groups excluding carboxylic acids is 1. The fraction of sp³-hybridized carbons (Fsp3) is 0.200. The molecule has 4 nitrogen and oxygen atoms in total. The molecular weight excluding hydrogens is 270 g/mol. The number of aromatic nitrogens is 2. The lowest BCUT2D eigenvalue weighted by molar-refractivity contribution is 0.102. The van der Waals surface area contributed by atoms with Gasteiger partial charge in [0.25, 0.3) is 5.91 Å². The van der Waals surface area contributed by atoms with E-state index in [9.17, 15) is 4.79 Å². The molecule has 2 heterocycles. The number of hydrogen-bond acceptors (Lipinski definition) is 3. The van der Waals surface area contributed by atoms with Gasteiger partial charge in [0, 0.05) is 29.0 Å². The third-order valence-corrected chi connectivity index (χ3v) is 4.18. The van der Waals surface area contributed by atoms with E-state index < -0.39 is 0 Å². The molecule has 0 aliphatic heterocycles. The molecule has 3 rings (SSSR count). The molecule has 0 aliphatic carbocycles. The number of benzene rings is 1. The first-order valence-electron chi connectivity index (χ1n) is 6.35. The van der Waals surface area contributed by atoms with Crippen molar-refractivity contribution in [2.24, 2.45) is 7.05 Å². The minimum absolute atomic E-state index is 0.150. The molecule has 20 heavy (non-hydrogen) atoms. The van der Waals surface area contributed by atoms with Crippen LogP contribution in [0.15, 0.2) is 30.5 Å². The van der Waals surface area contributed by atoms with Crippen LogP contribution in [0.1, 0.15) is 20.4 Å². The van der Waals surface area contributed by atoms with Crippen LogP contribution in [-0.2, 0) is 7.05 Å². The van der Waals surface area contributed by atoms with Crippen LogP contribution in [0.3, 0.4) is 0 Å². The lowest BCUT2D eigenvalue weighted by atomic mass is 10.2. The average Bonchev–Trinajstić information content (AvgIpc) is 2.94. The van der Waals surface area contributed by atoms with Crippen molar-refractivity contribution in [3.05, 3.63) is 46.0 Å². The van der Waals surface area contributed by atoms with Gasteiger partial charge >= 0.3 is 0 Å². The number of rotatable bonds is 2. The minimum atomic E-state index is -0.150. The fourth-order valence-electron chi connectivity index (χ4n) is 2.33. The van der Waals surface area contributed by atoms with Crippen molar-refractivity contribution < 1.29 is 4.79 Å². The van der Waals surface area contributed by atoms with E-state index in [-0.39, 0.29) is 5.91 Å². The smallest absolute Gasteiger partial charge is 0.275 e. The molecule has 0 aliphatic rings. The normalized spacial score (nSPS) is 10.9. The largest absolute Gasteiger partial charge is 0.350 e. The standard InChI is InChI=1S/C15H15N3OS/c1-9-14(16-10(2)20-9)15(19)17-12-5-4-6-13-11(12)7-8-18(13)3/h4-8H,1-3H3,(H,17,19). The summed E-state index contributed by atoms with van der Waals surface area (Å²) in [5.74, 6) is -0.150. The van der Waals surface area contributed by atoms with E-state index in [0.29, 0.717) is 5.69 Å². The van der Waals surface area contributed by atoms with Crippen LogP contribution >= 0.6 is 11.3 Å². The highest BCUT2D eigenvalue weighted by Gasteiger charge is 2.15. The minimum Gasteiger partial charge on any atom is -0.350 e. The Bertz CT molecular complexity index is 801. The van der Waals surface area contributed by atoms with E-state index >= 15 is 0 Å². The van der Waals surface area contributed by atoms with Gasteiger partial charge < -0.3 is 9.88 Å². The predicted molar refractivity (Wildman–Crippen MR) is 82.5 cm³/mol. The summed E-state index contributed by atoms with van der Waals surface area (Å²) >= 11 is 1.54. The monoisotopic (exact) mass is 285 g/mol. The lowest BCUT2D eigenvalue weighted by Crippen LogP contribution is -2.13. The summed E-state index contributed by atoms with van der Waals surface area (Å²) in [4.78, 5) is 17.6. The molecule has 3 aromatic rings. The Morgan fingerprint density at radius 1 is 1.30 bits per heavy atom. The predicted octanol–water partition coefficient (Wildman–Crippen LogP) is 3.50. The van der Waals surface area contributed by atoms with E-state index in [1.165, 1.54) is 11.3 Å². The van der Waals surface area contributed by atoms with Crippen molar-refractivity contribution in [2.45, 2.75) is 13.8 Å². The quantitative estimate of drug-likeness (QED) is 0.783. The zero-order chi connectivity index (χ0) is 14.3. The van der Waals surface area contributed by atoms with Crippen LogP contribution in [0.2, 0.25) is 0 Å². The molecule has 0 saturated carbocycles. The van der Waals surface area contributed by atoms with Gasteiger partial charge in [0.2, 0.25) is 0 Å². The van der Waals surface area contributed by atoms with E-state index in [0.717, 1.165) is 26.5 Å². The van der Waals surface area contributed by atoms with Crippen molar-refractivity contribution in [3.8, 4) is 0 Å². The van der Waals surface area contributed by atoms with Gasteiger partial charge in [-0.15, -0.1) is 11.3 Å². The van der Waals surface area contributed by atoms with Gasteiger partial charge in [0.05, 0.1) is 10.7 Å². The maximum atomic E-state index is 12.3. The molecule has 1 N–H and O–H groups in total. The molecule has 1 amide bonds. The topological polar surface area (TPSA) is 46.9 Å². The van der Waals surface area contributed by atoms with Crippen LogP contribution in [-0.4, -0.2) is 15.5 Å². The summed E-state index contributed by atoms with van der Waals surface area (Å²) in [7, 11) is 1.99. The Kier molecular flexibility index (Phi) is 3.06. The van der Waals surface area contributed by atoms with E-state index in [1.54, 1.807) is 0 Å². The molecular formula is C15H15N3OS. The summed E-state index contributed by atoms with van der Waals surface area (Å²) < 4.78 is 2.03. The highest BCUT2D eigenvalue weighted by Crippen LogP contribution is 2.25. The van der Waals surface area contributed by atoms with Crippen LogP contribution in [0.4, 0.5) is 5.69 Å². The molecule has 2 aromatic heterocycles. The fourth-order valence-corrected chi connectivity index (χ4v) is 3.15. The van der Waals surface area contributed by atoms with Gasteiger partial charge in [-0.05, 0) is 32.0 Å². The third-order valence-electron chi connectivity index (χ3n) is 3.29. The Hall–Kier alpha value is -2.14. The maximum Gasteiger partial charge on any atom is 0.275 e. The van der Waals surface area contributed by atoms with Gasteiger partial charge in [0.15, 0.2) is 0 Å². The van der Waals surface area contributed by atoms with E-state index in [4.69, 9.17) is 0 Å². The Morgan fingerprint density at radius 3 is 2.80 bits per heavy atom. The number of nitrogens with zero attached hydrogens (tertiary/aromatic N) is 2.